The maximum absolute atomic E-state index is 2.46. The highest BCUT2D eigenvalue weighted by molar-refractivity contribution is 5.88. The lowest BCUT2D eigenvalue weighted by Crippen LogP contribution is -2.14. The van der Waals surface area contributed by atoms with E-state index in [0.29, 0.717) is 5.92 Å². The van der Waals surface area contributed by atoms with Gasteiger partial charge in [0.2, 0.25) is 0 Å². The summed E-state index contributed by atoms with van der Waals surface area (Å²) in [7, 11) is 0. The summed E-state index contributed by atoms with van der Waals surface area (Å²) in [6.45, 7) is 4.63. The molecule has 1 fully saturated rings. The maximum Gasteiger partial charge on any atom is -0.0114 e. The molecule has 1 aromatic carbocycles. The zero-order chi connectivity index (χ0) is 15.8. The molecule has 0 heteroatoms. The molecular formula is C23H26. The van der Waals surface area contributed by atoms with Crippen molar-refractivity contribution >= 4 is 5.57 Å². The first-order valence-corrected chi connectivity index (χ1v) is 9.11. The van der Waals surface area contributed by atoms with E-state index in [0.717, 1.165) is 6.42 Å². The van der Waals surface area contributed by atoms with Crippen LogP contribution in [-0.4, -0.2) is 0 Å². The number of allylic oxidation sites excluding steroid dienone is 8. The summed E-state index contributed by atoms with van der Waals surface area (Å²) in [6.07, 6.45) is 16.8. The molecule has 1 atom stereocenters. The van der Waals surface area contributed by atoms with Crippen molar-refractivity contribution in [1.82, 2.24) is 0 Å². The van der Waals surface area contributed by atoms with Crippen molar-refractivity contribution in [2.24, 2.45) is 5.92 Å². The van der Waals surface area contributed by atoms with Crippen LogP contribution >= 0.6 is 0 Å². The number of hydrogen-bond donors (Lipinski definition) is 0. The van der Waals surface area contributed by atoms with Crippen molar-refractivity contribution in [2.45, 2.75) is 52.4 Å². The Hall–Kier alpha value is -1.82. The summed E-state index contributed by atoms with van der Waals surface area (Å²) in [5, 5.41) is 0. The average Bonchev–Trinajstić information content (AvgIpc) is 2.67. The van der Waals surface area contributed by atoms with E-state index in [9.17, 15) is 0 Å². The highest BCUT2D eigenvalue weighted by Crippen LogP contribution is 2.45. The van der Waals surface area contributed by atoms with E-state index in [1.807, 2.05) is 0 Å². The van der Waals surface area contributed by atoms with Gasteiger partial charge in [-0.2, -0.15) is 0 Å². The van der Waals surface area contributed by atoms with Crippen LogP contribution in [0.1, 0.15) is 55.7 Å². The van der Waals surface area contributed by atoms with Gasteiger partial charge in [-0.05, 0) is 79.2 Å². The van der Waals surface area contributed by atoms with E-state index in [2.05, 4.69) is 56.4 Å². The van der Waals surface area contributed by atoms with Crippen LogP contribution in [-0.2, 0) is 6.42 Å². The van der Waals surface area contributed by atoms with Crippen molar-refractivity contribution in [3.8, 4) is 0 Å². The van der Waals surface area contributed by atoms with Gasteiger partial charge in [0.15, 0.2) is 0 Å². The van der Waals surface area contributed by atoms with Crippen LogP contribution in [0.5, 0.6) is 0 Å². The van der Waals surface area contributed by atoms with Crippen molar-refractivity contribution in [3.63, 3.8) is 0 Å². The Morgan fingerprint density at radius 2 is 1.96 bits per heavy atom. The monoisotopic (exact) mass is 302 g/mol. The zero-order valence-corrected chi connectivity index (χ0v) is 14.4. The molecule has 0 nitrogen and oxygen atoms in total. The van der Waals surface area contributed by atoms with Crippen LogP contribution in [0, 0.1) is 12.8 Å². The van der Waals surface area contributed by atoms with Gasteiger partial charge < -0.3 is 0 Å². The molecule has 0 heterocycles. The Bertz CT molecular complexity index is 746. The van der Waals surface area contributed by atoms with Crippen molar-refractivity contribution in [2.75, 3.05) is 0 Å². The molecule has 0 aromatic heterocycles. The van der Waals surface area contributed by atoms with Gasteiger partial charge >= 0.3 is 0 Å². The normalized spacial score (nSPS) is 23.7. The SMILES string of the molecule is Cc1ccc2c(c1)CC(C)CC1=CCC=CC=C1C2=C1CCC1. The van der Waals surface area contributed by atoms with E-state index in [1.165, 1.54) is 48.8 Å². The van der Waals surface area contributed by atoms with Gasteiger partial charge in [-0.1, -0.05) is 60.6 Å². The lowest BCUT2D eigenvalue weighted by atomic mass is 9.74. The Labute approximate surface area is 140 Å². The molecule has 3 aliphatic carbocycles. The first kappa shape index (κ1) is 14.8. The topological polar surface area (TPSA) is 0 Å². The van der Waals surface area contributed by atoms with Crippen LogP contribution in [0.15, 0.2) is 59.2 Å². The molecule has 0 spiro atoms. The lowest BCUT2D eigenvalue weighted by Gasteiger charge is -2.30. The van der Waals surface area contributed by atoms with Crippen LogP contribution in [0.3, 0.4) is 0 Å². The van der Waals surface area contributed by atoms with E-state index >= 15 is 0 Å². The van der Waals surface area contributed by atoms with Crippen LogP contribution < -0.4 is 0 Å². The lowest BCUT2D eigenvalue weighted by molar-refractivity contribution is 0.572. The Balaban J connectivity index is 1.96. The first-order chi connectivity index (χ1) is 11.2. The van der Waals surface area contributed by atoms with Crippen molar-refractivity contribution in [1.29, 1.82) is 0 Å². The molecule has 1 aromatic rings. The quantitative estimate of drug-likeness (QED) is 0.525. The van der Waals surface area contributed by atoms with Crippen LogP contribution in [0.25, 0.3) is 5.57 Å². The van der Waals surface area contributed by atoms with E-state index in [4.69, 9.17) is 0 Å². The number of aryl methyl sites for hydroxylation is 1. The molecule has 1 unspecified atom stereocenters. The Kier molecular flexibility index (Phi) is 3.85. The summed E-state index contributed by atoms with van der Waals surface area (Å²) < 4.78 is 0. The second-order valence-electron chi connectivity index (χ2n) is 7.48. The van der Waals surface area contributed by atoms with Crippen LogP contribution in [0.4, 0.5) is 0 Å². The maximum atomic E-state index is 2.46. The minimum atomic E-state index is 0.705. The molecule has 4 rings (SSSR count). The second-order valence-corrected chi connectivity index (χ2v) is 7.48. The predicted molar refractivity (Wildman–Crippen MR) is 99.4 cm³/mol. The highest BCUT2D eigenvalue weighted by Gasteiger charge is 2.26. The number of rotatable bonds is 0. The smallest absolute Gasteiger partial charge is 0.0114 e. The number of hydrogen-bond acceptors (Lipinski definition) is 0. The molecule has 3 aliphatic rings. The first-order valence-electron chi connectivity index (χ1n) is 9.11. The fourth-order valence-corrected chi connectivity index (χ4v) is 4.20. The van der Waals surface area contributed by atoms with Crippen LogP contribution in [0.2, 0.25) is 0 Å². The van der Waals surface area contributed by atoms with Gasteiger partial charge in [-0.3, -0.25) is 0 Å². The van der Waals surface area contributed by atoms with E-state index in [-0.39, 0.29) is 0 Å². The third-order valence-electron chi connectivity index (χ3n) is 5.49. The fraction of sp³-hybridized carbons (Fsp3) is 0.391. The minimum absolute atomic E-state index is 0.705. The average molecular weight is 302 g/mol. The van der Waals surface area contributed by atoms with E-state index in [1.54, 1.807) is 22.3 Å². The Morgan fingerprint density at radius 1 is 1.09 bits per heavy atom. The highest BCUT2D eigenvalue weighted by atomic mass is 14.3. The molecule has 0 N–H and O–H groups in total. The summed E-state index contributed by atoms with van der Waals surface area (Å²) >= 11 is 0. The summed E-state index contributed by atoms with van der Waals surface area (Å²) in [6, 6.07) is 7.10. The fourth-order valence-electron chi connectivity index (χ4n) is 4.20. The molecular weight excluding hydrogens is 276 g/mol. The number of fused-ring (bicyclic) bond motifs is 2. The third kappa shape index (κ3) is 2.76. The van der Waals surface area contributed by atoms with Crippen molar-refractivity contribution in [3.05, 3.63) is 75.9 Å². The molecule has 1 saturated carbocycles. The summed E-state index contributed by atoms with van der Waals surface area (Å²) in [5.74, 6) is 0.705. The van der Waals surface area contributed by atoms with Gasteiger partial charge in [-0.25, -0.2) is 0 Å². The summed E-state index contributed by atoms with van der Waals surface area (Å²) in [4.78, 5) is 0. The standard InChI is InChI=1S/C23H26/c1-16-11-12-22-20(13-16)15-17(2)14-19-7-4-3-5-10-21(19)23(22)18-8-6-9-18/h3,5,7,10-13,17H,4,6,8-9,14-15H2,1-2H3. The third-order valence-corrected chi connectivity index (χ3v) is 5.49. The van der Waals surface area contributed by atoms with Gasteiger partial charge in [0.05, 0.1) is 0 Å². The van der Waals surface area contributed by atoms with Crippen molar-refractivity contribution < 1.29 is 0 Å². The zero-order valence-electron chi connectivity index (χ0n) is 14.4. The van der Waals surface area contributed by atoms with Gasteiger partial charge in [0.25, 0.3) is 0 Å². The molecule has 23 heavy (non-hydrogen) atoms. The van der Waals surface area contributed by atoms with Gasteiger partial charge in [0.1, 0.15) is 0 Å². The minimum Gasteiger partial charge on any atom is -0.0807 e. The molecule has 0 saturated heterocycles. The molecule has 0 aliphatic heterocycles. The molecule has 0 bridgehead atoms. The van der Waals surface area contributed by atoms with E-state index < -0.39 is 0 Å². The molecule has 0 radical (unpaired) electrons. The molecule has 0 amide bonds. The second kappa shape index (κ2) is 6.00. The molecule has 118 valence electrons. The van der Waals surface area contributed by atoms with Gasteiger partial charge in [-0.15, -0.1) is 0 Å². The van der Waals surface area contributed by atoms with Gasteiger partial charge in [0, 0.05) is 0 Å². The largest absolute Gasteiger partial charge is 0.0807 e. The predicted octanol–water partition coefficient (Wildman–Crippen LogP) is 6.33. The number of benzene rings is 1. The summed E-state index contributed by atoms with van der Waals surface area (Å²) in [5.41, 5.74) is 10.8. The Morgan fingerprint density at radius 3 is 2.74 bits per heavy atom.